The molecule has 1 N–H and O–H groups in total. The van der Waals surface area contributed by atoms with E-state index in [-0.39, 0.29) is 0 Å². The molecule has 1 heterocycles. The zero-order valence-electron chi connectivity index (χ0n) is 11.9. The predicted octanol–water partition coefficient (Wildman–Crippen LogP) is 3.50. The third kappa shape index (κ3) is 2.96. The Kier molecular flexibility index (Phi) is 4.11. The third-order valence-electron chi connectivity index (χ3n) is 3.12. The minimum absolute atomic E-state index is 0.443. The zero-order chi connectivity index (χ0) is 15.4. The average Bonchev–Trinajstić information content (AvgIpc) is 2.95. The first-order chi connectivity index (χ1) is 10.8. The van der Waals surface area contributed by atoms with Gasteiger partial charge in [0.25, 0.3) is 0 Å². The van der Waals surface area contributed by atoms with Gasteiger partial charge in [-0.05, 0) is 42.0 Å². The standard InChI is InChI=1S/C16H14N4OS/c1-21-14-9-7-13(8-10-14)15-18-19-16(22)20(15)17-11-12-5-3-2-4-6-12/h2-11H,1H3,(H,19,22). The molecule has 2 aromatic carbocycles. The second-order valence-corrected chi connectivity index (χ2v) is 4.93. The molecule has 110 valence electrons. The minimum atomic E-state index is 0.443. The molecule has 0 aliphatic heterocycles. The molecule has 1 aromatic heterocycles. The van der Waals surface area contributed by atoms with Gasteiger partial charge in [0.15, 0.2) is 5.82 Å². The van der Waals surface area contributed by atoms with Crippen molar-refractivity contribution < 1.29 is 4.74 Å². The topological polar surface area (TPSA) is 55.2 Å². The molecule has 0 saturated heterocycles. The molecule has 3 rings (SSSR count). The van der Waals surface area contributed by atoms with E-state index in [9.17, 15) is 0 Å². The first-order valence-corrected chi connectivity index (χ1v) is 7.10. The van der Waals surface area contributed by atoms with E-state index in [2.05, 4.69) is 15.3 Å². The molecule has 0 bridgehead atoms. The number of ether oxygens (including phenoxy) is 1. The Bertz CT molecular complexity index is 835. The molecule has 0 saturated carbocycles. The Morgan fingerprint density at radius 1 is 1.14 bits per heavy atom. The van der Waals surface area contributed by atoms with Crippen molar-refractivity contribution in [2.45, 2.75) is 0 Å². The summed E-state index contributed by atoms with van der Waals surface area (Å²) in [5, 5.41) is 11.4. The molecule has 0 spiro atoms. The predicted molar refractivity (Wildman–Crippen MR) is 88.8 cm³/mol. The van der Waals surface area contributed by atoms with Crippen LogP contribution in [0.1, 0.15) is 5.56 Å². The number of methoxy groups -OCH3 is 1. The molecule has 0 fully saturated rings. The lowest BCUT2D eigenvalue weighted by molar-refractivity contribution is 0.415. The van der Waals surface area contributed by atoms with Crippen molar-refractivity contribution in [2.24, 2.45) is 5.10 Å². The lowest BCUT2D eigenvalue weighted by Gasteiger charge is -2.03. The molecule has 0 radical (unpaired) electrons. The van der Waals surface area contributed by atoms with E-state index in [4.69, 9.17) is 17.0 Å². The van der Waals surface area contributed by atoms with Crippen LogP contribution in [0.25, 0.3) is 11.4 Å². The fraction of sp³-hybridized carbons (Fsp3) is 0.0625. The van der Waals surface area contributed by atoms with Gasteiger partial charge in [-0.2, -0.15) is 14.9 Å². The van der Waals surface area contributed by atoms with E-state index in [1.54, 1.807) is 18.0 Å². The molecular formula is C16H14N4OS. The highest BCUT2D eigenvalue weighted by molar-refractivity contribution is 7.71. The summed E-state index contributed by atoms with van der Waals surface area (Å²) < 4.78 is 7.20. The van der Waals surface area contributed by atoms with Gasteiger partial charge in [-0.25, -0.2) is 5.10 Å². The summed E-state index contributed by atoms with van der Waals surface area (Å²) in [5.41, 5.74) is 1.89. The van der Waals surface area contributed by atoms with Gasteiger partial charge in [-0.1, -0.05) is 30.3 Å². The highest BCUT2D eigenvalue weighted by Gasteiger charge is 2.08. The zero-order valence-corrected chi connectivity index (χ0v) is 12.7. The first kappa shape index (κ1) is 14.2. The summed E-state index contributed by atoms with van der Waals surface area (Å²) >= 11 is 5.24. The van der Waals surface area contributed by atoms with Gasteiger partial charge in [-0.3, -0.25) is 0 Å². The second-order valence-electron chi connectivity index (χ2n) is 4.55. The van der Waals surface area contributed by atoms with Crippen LogP contribution >= 0.6 is 12.2 Å². The first-order valence-electron chi connectivity index (χ1n) is 6.69. The molecule has 3 aromatic rings. The molecule has 6 heteroatoms. The van der Waals surface area contributed by atoms with E-state index in [1.807, 2.05) is 54.6 Å². The Hall–Kier alpha value is -2.73. The van der Waals surface area contributed by atoms with E-state index in [1.165, 1.54) is 0 Å². The van der Waals surface area contributed by atoms with Crippen molar-refractivity contribution in [2.75, 3.05) is 7.11 Å². The summed E-state index contributed by atoms with van der Waals surface area (Å²) in [6.45, 7) is 0. The van der Waals surface area contributed by atoms with E-state index in [0.717, 1.165) is 16.9 Å². The molecule has 0 aliphatic rings. The number of H-pyrrole nitrogens is 1. The molecular weight excluding hydrogens is 296 g/mol. The van der Waals surface area contributed by atoms with Crippen molar-refractivity contribution in [3.63, 3.8) is 0 Å². The maximum absolute atomic E-state index is 5.24. The van der Waals surface area contributed by atoms with E-state index >= 15 is 0 Å². The number of hydrogen-bond donors (Lipinski definition) is 1. The highest BCUT2D eigenvalue weighted by Crippen LogP contribution is 2.20. The van der Waals surface area contributed by atoms with Gasteiger partial charge in [0.2, 0.25) is 4.77 Å². The number of aromatic nitrogens is 3. The van der Waals surface area contributed by atoms with Crippen LogP contribution < -0.4 is 4.74 Å². The summed E-state index contributed by atoms with van der Waals surface area (Å²) in [7, 11) is 1.63. The van der Waals surface area contributed by atoms with Gasteiger partial charge in [0.1, 0.15) is 5.75 Å². The molecule has 0 amide bonds. The van der Waals surface area contributed by atoms with Crippen molar-refractivity contribution in [1.82, 2.24) is 14.9 Å². The lowest BCUT2D eigenvalue weighted by Crippen LogP contribution is -1.95. The van der Waals surface area contributed by atoms with Crippen molar-refractivity contribution in [3.8, 4) is 17.1 Å². The molecule has 0 unspecified atom stereocenters. The van der Waals surface area contributed by atoms with Crippen molar-refractivity contribution in [1.29, 1.82) is 0 Å². The number of hydrogen-bond acceptors (Lipinski definition) is 4. The quantitative estimate of drug-likeness (QED) is 0.593. The Labute approximate surface area is 132 Å². The van der Waals surface area contributed by atoms with Gasteiger partial charge < -0.3 is 4.74 Å². The van der Waals surface area contributed by atoms with Crippen LogP contribution in [-0.2, 0) is 0 Å². The molecule has 5 nitrogen and oxygen atoms in total. The molecule has 22 heavy (non-hydrogen) atoms. The van der Waals surface area contributed by atoms with Crippen molar-refractivity contribution in [3.05, 3.63) is 64.9 Å². The number of benzene rings is 2. The Balaban J connectivity index is 1.97. The Morgan fingerprint density at radius 3 is 2.55 bits per heavy atom. The van der Waals surface area contributed by atoms with Gasteiger partial charge in [0, 0.05) is 5.56 Å². The maximum Gasteiger partial charge on any atom is 0.216 e. The third-order valence-corrected chi connectivity index (χ3v) is 3.38. The van der Waals surface area contributed by atoms with E-state index in [0.29, 0.717) is 10.6 Å². The highest BCUT2D eigenvalue weighted by atomic mass is 32.1. The van der Waals surface area contributed by atoms with Crippen LogP contribution in [-0.4, -0.2) is 28.2 Å². The maximum atomic E-state index is 5.24. The summed E-state index contributed by atoms with van der Waals surface area (Å²) in [6, 6.07) is 17.4. The second kappa shape index (κ2) is 6.36. The summed E-state index contributed by atoms with van der Waals surface area (Å²) in [4.78, 5) is 0. The number of nitrogens with one attached hydrogen (secondary N) is 1. The van der Waals surface area contributed by atoms with Gasteiger partial charge in [-0.15, -0.1) is 0 Å². The summed E-state index contributed by atoms with van der Waals surface area (Å²) in [5.74, 6) is 1.44. The van der Waals surface area contributed by atoms with Crippen LogP contribution in [0.5, 0.6) is 5.75 Å². The molecule has 0 aliphatic carbocycles. The van der Waals surface area contributed by atoms with Crippen molar-refractivity contribution >= 4 is 18.4 Å². The Morgan fingerprint density at radius 2 is 1.86 bits per heavy atom. The van der Waals surface area contributed by atoms with Crippen LogP contribution in [0.15, 0.2) is 59.7 Å². The van der Waals surface area contributed by atoms with Crippen LogP contribution in [0, 0.1) is 4.77 Å². The lowest BCUT2D eigenvalue weighted by atomic mass is 10.2. The number of aromatic amines is 1. The van der Waals surface area contributed by atoms with Gasteiger partial charge >= 0.3 is 0 Å². The smallest absolute Gasteiger partial charge is 0.216 e. The van der Waals surface area contributed by atoms with Gasteiger partial charge in [0.05, 0.1) is 13.3 Å². The van der Waals surface area contributed by atoms with Crippen LogP contribution in [0.2, 0.25) is 0 Å². The monoisotopic (exact) mass is 310 g/mol. The van der Waals surface area contributed by atoms with E-state index < -0.39 is 0 Å². The fourth-order valence-electron chi connectivity index (χ4n) is 1.99. The fourth-order valence-corrected chi connectivity index (χ4v) is 2.17. The summed E-state index contributed by atoms with van der Waals surface area (Å²) in [6.07, 6.45) is 1.75. The molecule has 0 atom stereocenters. The number of nitrogens with zero attached hydrogens (tertiary/aromatic N) is 3. The minimum Gasteiger partial charge on any atom is -0.497 e. The largest absolute Gasteiger partial charge is 0.497 e. The average molecular weight is 310 g/mol. The SMILES string of the molecule is COc1ccc(-c2n[nH]c(=S)n2N=Cc2ccccc2)cc1. The van der Waals surface area contributed by atoms with Crippen LogP contribution in [0.3, 0.4) is 0 Å². The normalized spacial score (nSPS) is 11.0. The number of rotatable bonds is 4. The van der Waals surface area contributed by atoms with Crippen LogP contribution in [0.4, 0.5) is 0 Å².